The summed E-state index contributed by atoms with van der Waals surface area (Å²) in [5.41, 5.74) is 1.59. The van der Waals surface area contributed by atoms with Gasteiger partial charge in [0.1, 0.15) is 0 Å². The highest BCUT2D eigenvalue weighted by Gasteiger charge is 2.39. The lowest BCUT2D eigenvalue weighted by atomic mass is 9.79. The molecule has 0 radical (unpaired) electrons. The number of fused-ring (bicyclic) bond motifs is 1. The van der Waals surface area contributed by atoms with Crippen LogP contribution >= 0.6 is 0 Å². The number of likely N-dealkylation sites (N-methyl/N-ethyl adjacent to an activating group) is 1. The van der Waals surface area contributed by atoms with E-state index in [-0.39, 0.29) is 5.91 Å². The summed E-state index contributed by atoms with van der Waals surface area (Å²) >= 11 is 0. The van der Waals surface area contributed by atoms with E-state index in [0.29, 0.717) is 28.9 Å². The molecule has 0 bridgehead atoms. The first-order valence-electron chi connectivity index (χ1n) is 10.4. The zero-order valence-electron chi connectivity index (χ0n) is 18.5. The van der Waals surface area contributed by atoms with Crippen LogP contribution in [0.1, 0.15) is 23.7 Å². The first-order valence-corrected chi connectivity index (χ1v) is 10.4. The van der Waals surface area contributed by atoms with Crippen molar-refractivity contribution >= 4 is 11.6 Å². The normalized spacial score (nSPS) is 13.6. The monoisotopic (exact) mass is 452 g/mol. The second-order valence-corrected chi connectivity index (χ2v) is 8.39. The molecule has 0 spiro atoms. The summed E-state index contributed by atoms with van der Waals surface area (Å²) < 4.78 is 40.5. The van der Waals surface area contributed by atoms with Gasteiger partial charge in [0.2, 0.25) is 5.91 Å². The van der Waals surface area contributed by atoms with Crippen LogP contribution in [0.15, 0.2) is 73.1 Å². The van der Waals surface area contributed by atoms with E-state index in [1.54, 1.807) is 42.0 Å². The Labute approximate surface area is 189 Å². The summed E-state index contributed by atoms with van der Waals surface area (Å²) in [6.07, 6.45) is -0.792. The Morgan fingerprint density at radius 3 is 2.27 bits per heavy atom. The summed E-state index contributed by atoms with van der Waals surface area (Å²) in [4.78, 5) is 19.4. The van der Waals surface area contributed by atoms with E-state index >= 15 is 0 Å². The van der Waals surface area contributed by atoms with E-state index in [4.69, 9.17) is 0 Å². The molecule has 2 aromatic heterocycles. The summed E-state index contributed by atoms with van der Waals surface area (Å²) in [5, 5.41) is 4.48. The third kappa shape index (κ3) is 4.20. The molecule has 2 aromatic carbocycles. The highest BCUT2D eigenvalue weighted by molar-refractivity contribution is 5.88. The van der Waals surface area contributed by atoms with Gasteiger partial charge in [-0.15, -0.1) is 0 Å². The van der Waals surface area contributed by atoms with Crippen molar-refractivity contribution in [1.29, 1.82) is 0 Å². The second kappa shape index (κ2) is 8.35. The van der Waals surface area contributed by atoms with E-state index in [9.17, 15) is 18.0 Å². The lowest BCUT2D eigenvalue weighted by Crippen LogP contribution is -2.44. The van der Waals surface area contributed by atoms with Crippen LogP contribution < -0.4 is 0 Å². The van der Waals surface area contributed by atoms with E-state index in [0.717, 1.165) is 17.7 Å². The van der Waals surface area contributed by atoms with Crippen molar-refractivity contribution in [3.8, 4) is 11.1 Å². The van der Waals surface area contributed by atoms with Gasteiger partial charge in [0.05, 0.1) is 22.9 Å². The minimum Gasteiger partial charge on any atom is -0.348 e. The highest BCUT2D eigenvalue weighted by atomic mass is 19.4. The van der Waals surface area contributed by atoms with Crippen LogP contribution in [0.2, 0.25) is 0 Å². The van der Waals surface area contributed by atoms with Gasteiger partial charge in [0.25, 0.3) is 0 Å². The molecule has 2 heterocycles. The number of hydrogen-bond donors (Lipinski definition) is 0. The Hall–Kier alpha value is -3.68. The molecule has 0 N–H and O–H groups in total. The number of rotatable bonds is 5. The largest absolute Gasteiger partial charge is 0.416 e. The maximum Gasteiger partial charge on any atom is 0.416 e. The molecule has 170 valence electrons. The zero-order chi connectivity index (χ0) is 23.8. The number of benzene rings is 2. The number of carbonyl (C=O) groups excluding carboxylic acids is 1. The average Bonchev–Trinajstić information content (AvgIpc) is 3.23. The molecule has 0 fully saturated rings. The van der Waals surface area contributed by atoms with E-state index in [2.05, 4.69) is 10.1 Å². The molecule has 0 saturated carbocycles. The molecule has 0 aliphatic carbocycles. The average molecular weight is 452 g/mol. The SMILES string of the molecule is CN(C)C(=O)[C@@](C)(Cc1ccccc1)c1ccnc2c(-c3ccc(C(F)(F)F)cc3)cnn12. The molecule has 33 heavy (non-hydrogen) atoms. The van der Waals surface area contributed by atoms with Crippen molar-refractivity contribution in [2.45, 2.75) is 24.9 Å². The van der Waals surface area contributed by atoms with Crippen LogP contribution in [-0.4, -0.2) is 39.5 Å². The Bertz CT molecular complexity index is 1280. The van der Waals surface area contributed by atoms with Crippen LogP contribution in [0.4, 0.5) is 13.2 Å². The van der Waals surface area contributed by atoms with Crippen molar-refractivity contribution in [2.24, 2.45) is 0 Å². The van der Waals surface area contributed by atoms with Crippen molar-refractivity contribution in [1.82, 2.24) is 19.5 Å². The van der Waals surface area contributed by atoms with E-state index in [1.165, 1.54) is 12.1 Å². The Morgan fingerprint density at radius 2 is 1.67 bits per heavy atom. The minimum absolute atomic E-state index is 0.0922. The molecular weight excluding hydrogens is 429 g/mol. The predicted octanol–water partition coefficient (Wildman–Crippen LogP) is 5.00. The fourth-order valence-corrected chi connectivity index (χ4v) is 4.13. The number of halogens is 3. The maximum absolute atomic E-state index is 13.4. The summed E-state index contributed by atoms with van der Waals surface area (Å²) in [6.45, 7) is 1.87. The van der Waals surface area contributed by atoms with Gasteiger partial charge >= 0.3 is 6.18 Å². The summed E-state index contributed by atoms with van der Waals surface area (Å²) in [7, 11) is 3.42. The number of aromatic nitrogens is 3. The van der Waals surface area contributed by atoms with Crippen LogP contribution in [0.5, 0.6) is 0 Å². The minimum atomic E-state index is -4.41. The summed E-state index contributed by atoms with van der Waals surface area (Å²) in [5.74, 6) is -0.0922. The fourth-order valence-electron chi connectivity index (χ4n) is 4.13. The first-order chi connectivity index (χ1) is 15.6. The standard InChI is InChI=1S/C25H23F3N4O/c1-24(23(33)31(2)3,15-17-7-5-4-6-8-17)21-13-14-29-22-20(16-30-32(21)22)18-9-11-19(12-10-18)25(26,27)28/h4-14,16H,15H2,1-3H3/t24-/m0/s1. The third-order valence-electron chi connectivity index (χ3n) is 5.77. The molecule has 5 nitrogen and oxygen atoms in total. The van der Waals surface area contributed by atoms with Crippen LogP contribution in [0, 0.1) is 0 Å². The molecule has 0 aliphatic rings. The zero-order valence-corrected chi connectivity index (χ0v) is 18.5. The highest BCUT2D eigenvalue weighted by Crippen LogP contribution is 2.34. The molecule has 0 saturated heterocycles. The van der Waals surface area contributed by atoms with E-state index in [1.807, 2.05) is 37.3 Å². The molecule has 4 rings (SSSR count). The van der Waals surface area contributed by atoms with Crippen LogP contribution in [0.25, 0.3) is 16.8 Å². The van der Waals surface area contributed by atoms with Gasteiger partial charge in [-0.1, -0.05) is 42.5 Å². The number of alkyl halides is 3. The van der Waals surface area contributed by atoms with Crippen LogP contribution in [0.3, 0.4) is 0 Å². The topological polar surface area (TPSA) is 50.5 Å². The Kier molecular flexibility index (Phi) is 5.69. The molecule has 0 aliphatic heterocycles. The van der Waals surface area contributed by atoms with Crippen LogP contribution in [-0.2, 0) is 22.8 Å². The van der Waals surface area contributed by atoms with Gasteiger partial charge < -0.3 is 4.90 Å². The summed E-state index contributed by atoms with van der Waals surface area (Å²) in [6, 6.07) is 16.4. The molecule has 1 atom stereocenters. The third-order valence-corrected chi connectivity index (χ3v) is 5.77. The van der Waals surface area contributed by atoms with Gasteiger partial charge in [-0.2, -0.15) is 18.3 Å². The van der Waals surface area contributed by atoms with Crippen molar-refractivity contribution in [2.75, 3.05) is 14.1 Å². The van der Waals surface area contributed by atoms with Gasteiger partial charge in [-0.3, -0.25) is 4.79 Å². The Balaban J connectivity index is 1.83. The van der Waals surface area contributed by atoms with Gasteiger partial charge in [-0.25, -0.2) is 9.50 Å². The maximum atomic E-state index is 13.4. The second-order valence-electron chi connectivity index (χ2n) is 8.39. The van der Waals surface area contributed by atoms with Crippen molar-refractivity contribution in [3.63, 3.8) is 0 Å². The molecule has 4 aromatic rings. The smallest absolute Gasteiger partial charge is 0.348 e. The number of amides is 1. The number of hydrogen-bond acceptors (Lipinski definition) is 3. The van der Waals surface area contributed by atoms with Crippen molar-refractivity contribution in [3.05, 3.63) is 89.9 Å². The number of nitrogens with zero attached hydrogens (tertiary/aromatic N) is 4. The lowest BCUT2D eigenvalue weighted by Gasteiger charge is -2.31. The van der Waals surface area contributed by atoms with E-state index < -0.39 is 17.2 Å². The quantitative estimate of drug-likeness (QED) is 0.428. The fraction of sp³-hybridized carbons (Fsp3) is 0.240. The lowest BCUT2D eigenvalue weighted by molar-refractivity contribution is -0.137. The first kappa shape index (κ1) is 22.5. The Morgan fingerprint density at radius 1 is 1.00 bits per heavy atom. The van der Waals surface area contributed by atoms with Gasteiger partial charge in [-0.05, 0) is 42.7 Å². The number of carbonyl (C=O) groups is 1. The molecule has 1 amide bonds. The van der Waals surface area contributed by atoms with Gasteiger partial charge in [0.15, 0.2) is 5.65 Å². The van der Waals surface area contributed by atoms with Gasteiger partial charge in [0, 0.05) is 25.9 Å². The van der Waals surface area contributed by atoms with Crippen molar-refractivity contribution < 1.29 is 18.0 Å². The molecular formula is C25H23F3N4O. The molecule has 8 heteroatoms. The molecule has 0 unspecified atom stereocenters. The predicted molar refractivity (Wildman–Crippen MR) is 120 cm³/mol.